The van der Waals surface area contributed by atoms with Crippen LogP contribution in [0.1, 0.15) is 11.3 Å². The number of carbonyl (C=O) groups excluding carboxylic acids is 2. The van der Waals surface area contributed by atoms with Crippen molar-refractivity contribution >= 4 is 29.0 Å². The van der Waals surface area contributed by atoms with E-state index < -0.39 is 0 Å². The van der Waals surface area contributed by atoms with Crippen molar-refractivity contribution in [2.24, 2.45) is 0 Å². The molecule has 0 unspecified atom stereocenters. The lowest BCUT2D eigenvalue weighted by atomic mass is 10.0. The normalized spacial score (nSPS) is 17.8. The van der Waals surface area contributed by atoms with E-state index in [1.54, 1.807) is 42.6 Å². The summed E-state index contributed by atoms with van der Waals surface area (Å²) in [5.41, 5.74) is 2.19. The first-order valence-corrected chi connectivity index (χ1v) is 9.12. The SMILES string of the molecule is O=C1C(c2ccc(Cl)cc2)=C(N2CCOCC2)C(=O)N1Cc1ccccn1. The van der Waals surface area contributed by atoms with Gasteiger partial charge in [0.1, 0.15) is 5.70 Å². The summed E-state index contributed by atoms with van der Waals surface area (Å²) < 4.78 is 5.40. The van der Waals surface area contributed by atoms with E-state index in [0.29, 0.717) is 53.9 Å². The standard InChI is InChI=1S/C20H18ClN3O3/c21-15-6-4-14(5-7-15)17-18(23-9-11-27-12-10-23)20(26)24(19(17)25)13-16-3-1-2-8-22-16/h1-8H,9-13H2. The Labute approximate surface area is 162 Å². The van der Waals surface area contributed by atoms with Crippen LogP contribution in [0.4, 0.5) is 0 Å². The van der Waals surface area contributed by atoms with Gasteiger partial charge in [0.25, 0.3) is 11.8 Å². The Morgan fingerprint density at radius 2 is 1.74 bits per heavy atom. The van der Waals surface area contributed by atoms with Gasteiger partial charge in [-0.05, 0) is 29.8 Å². The third-order valence-corrected chi connectivity index (χ3v) is 4.90. The topological polar surface area (TPSA) is 62.7 Å². The van der Waals surface area contributed by atoms with E-state index in [1.165, 1.54) is 4.90 Å². The molecule has 4 rings (SSSR count). The van der Waals surface area contributed by atoms with Crippen molar-refractivity contribution in [2.75, 3.05) is 26.3 Å². The Morgan fingerprint density at radius 3 is 2.41 bits per heavy atom. The summed E-state index contributed by atoms with van der Waals surface area (Å²) in [4.78, 5) is 33.8. The van der Waals surface area contributed by atoms with Crippen molar-refractivity contribution in [3.63, 3.8) is 0 Å². The number of rotatable bonds is 4. The van der Waals surface area contributed by atoms with E-state index in [9.17, 15) is 9.59 Å². The maximum absolute atomic E-state index is 13.2. The molecule has 0 radical (unpaired) electrons. The summed E-state index contributed by atoms with van der Waals surface area (Å²) in [5, 5.41) is 0.578. The number of aromatic nitrogens is 1. The zero-order valence-corrected chi connectivity index (χ0v) is 15.4. The van der Waals surface area contributed by atoms with E-state index in [0.717, 1.165) is 0 Å². The first kappa shape index (κ1) is 17.7. The lowest BCUT2D eigenvalue weighted by Crippen LogP contribution is -2.40. The zero-order chi connectivity index (χ0) is 18.8. The van der Waals surface area contributed by atoms with Gasteiger partial charge >= 0.3 is 0 Å². The van der Waals surface area contributed by atoms with Crippen LogP contribution in [0, 0.1) is 0 Å². The molecule has 6 nitrogen and oxygen atoms in total. The van der Waals surface area contributed by atoms with Crippen LogP contribution in [0.15, 0.2) is 54.4 Å². The van der Waals surface area contributed by atoms with Gasteiger partial charge < -0.3 is 9.64 Å². The molecular formula is C20H18ClN3O3. The maximum Gasteiger partial charge on any atom is 0.278 e. The molecule has 0 bridgehead atoms. The highest BCUT2D eigenvalue weighted by atomic mass is 35.5. The molecule has 7 heteroatoms. The molecule has 1 fully saturated rings. The van der Waals surface area contributed by atoms with Crippen molar-refractivity contribution in [3.8, 4) is 0 Å². The first-order valence-electron chi connectivity index (χ1n) is 8.74. The number of hydrogen-bond donors (Lipinski definition) is 0. The number of ether oxygens (including phenoxy) is 1. The summed E-state index contributed by atoms with van der Waals surface area (Å²) in [5.74, 6) is -0.605. The Hall–Kier alpha value is -2.70. The van der Waals surface area contributed by atoms with Crippen LogP contribution in [0.25, 0.3) is 5.57 Å². The number of carbonyl (C=O) groups is 2. The molecule has 2 amide bonds. The molecule has 2 aromatic rings. The van der Waals surface area contributed by atoms with Crippen LogP contribution in [0.3, 0.4) is 0 Å². The van der Waals surface area contributed by atoms with Crippen molar-refractivity contribution in [3.05, 3.63) is 70.6 Å². The number of morpholine rings is 1. The van der Waals surface area contributed by atoms with Crippen molar-refractivity contribution < 1.29 is 14.3 Å². The van der Waals surface area contributed by atoms with E-state index in [-0.39, 0.29) is 18.4 Å². The predicted octanol–water partition coefficient (Wildman–Crippen LogP) is 2.35. The Balaban J connectivity index is 1.73. The van der Waals surface area contributed by atoms with Gasteiger partial charge in [0.15, 0.2) is 0 Å². The second kappa shape index (κ2) is 7.50. The lowest BCUT2D eigenvalue weighted by Gasteiger charge is -2.29. The summed E-state index contributed by atoms with van der Waals surface area (Å²) in [6.45, 7) is 2.34. The Bertz CT molecular complexity index is 890. The molecule has 0 spiro atoms. The summed E-state index contributed by atoms with van der Waals surface area (Å²) in [6, 6.07) is 12.4. The molecule has 0 N–H and O–H groups in total. The highest BCUT2D eigenvalue weighted by molar-refractivity contribution is 6.35. The van der Waals surface area contributed by atoms with Crippen LogP contribution in [0.2, 0.25) is 5.02 Å². The average molecular weight is 384 g/mol. The first-order chi connectivity index (χ1) is 13.1. The quantitative estimate of drug-likeness (QED) is 0.758. The highest BCUT2D eigenvalue weighted by Crippen LogP contribution is 2.33. The van der Waals surface area contributed by atoms with Gasteiger partial charge in [-0.3, -0.25) is 19.5 Å². The van der Waals surface area contributed by atoms with Crippen molar-refractivity contribution in [1.82, 2.24) is 14.8 Å². The van der Waals surface area contributed by atoms with Crippen molar-refractivity contribution in [1.29, 1.82) is 0 Å². The Kier molecular flexibility index (Phi) is 4.92. The maximum atomic E-state index is 13.2. The number of amides is 2. The van der Waals surface area contributed by atoms with Crippen LogP contribution in [-0.4, -0.2) is 52.9 Å². The van der Waals surface area contributed by atoms with Gasteiger partial charge in [0.05, 0.1) is 31.0 Å². The van der Waals surface area contributed by atoms with Gasteiger partial charge in [0.2, 0.25) is 0 Å². The molecule has 1 saturated heterocycles. The molecule has 0 atom stereocenters. The second-order valence-electron chi connectivity index (χ2n) is 6.35. The van der Waals surface area contributed by atoms with Crippen LogP contribution in [-0.2, 0) is 20.9 Å². The highest BCUT2D eigenvalue weighted by Gasteiger charge is 2.41. The number of halogens is 1. The van der Waals surface area contributed by atoms with Gasteiger partial charge in [-0.25, -0.2) is 0 Å². The molecular weight excluding hydrogens is 366 g/mol. The molecule has 0 aliphatic carbocycles. The van der Waals surface area contributed by atoms with E-state index in [2.05, 4.69) is 4.98 Å². The molecule has 2 aliphatic heterocycles. The minimum absolute atomic E-state index is 0.142. The minimum Gasteiger partial charge on any atom is -0.378 e. The zero-order valence-electron chi connectivity index (χ0n) is 14.6. The van der Waals surface area contributed by atoms with Gasteiger partial charge in [0, 0.05) is 24.3 Å². The van der Waals surface area contributed by atoms with Gasteiger partial charge in [-0.2, -0.15) is 0 Å². The largest absolute Gasteiger partial charge is 0.378 e. The second-order valence-corrected chi connectivity index (χ2v) is 6.78. The molecule has 1 aromatic heterocycles. The van der Waals surface area contributed by atoms with Crippen LogP contribution >= 0.6 is 11.6 Å². The third kappa shape index (κ3) is 3.46. The number of nitrogens with zero attached hydrogens (tertiary/aromatic N) is 3. The molecule has 1 aromatic carbocycles. The predicted molar refractivity (Wildman–Crippen MR) is 101 cm³/mol. The van der Waals surface area contributed by atoms with Gasteiger partial charge in [-0.1, -0.05) is 29.8 Å². The number of imide groups is 1. The fourth-order valence-corrected chi connectivity index (χ4v) is 3.44. The number of benzene rings is 1. The molecule has 2 aliphatic rings. The minimum atomic E-state index is -0.311. The van der Waals surface area contributed by atoms with E-state index in [1.807, 2.05) is 11.0 Å². The molecule has 0 saturated carbocycles. The lowest BCUT2D eigenvalue weighted by molar-refractivity contribution is -0.138. The number of hydrogen-bond acceptors (Lipinski definition) is 5. The van der Waals surface area contributed by atoms with E-state index in [4.69, 9.17) is 16.3 Å². The smallest absolute Gasteiger partial charge is 0.278 e. The monoisotopic (exact) mass is 383 g/mol. The summed E-state index contributed by atoms with van der Waals surface area (Å²) in [6.07, 6.45) is 1.65. The van der Waals surface area contributed by atoms with Crippen LogP contribution < -0.4 is 0 Å². The fourth-order valence-electron chi connectivity index (χ4n) is 3.32. The average Bonchev–Trinajstić information content (AvgIpc) is 2.95. The Morgan fingerprint density at radius 1 is 1.00 bits per heavy atom. The van der Waals surface area contributed by atoms with Crippen LogP contribution in [0.5, 0.6) is 0 Å². The summed E-state index contributed by atoms with van der Waals surface area (Å²) >= 11 is 5.99. The summed E-state index contributed by atoms with van der Waals surface area (Å²) in [7, 11) is 0. The van der Waals surface area contributed by atoms with Gasteiger partial charge in [-0.15, -0.1) is 0 Å². The fraction of sp³-hybridized carbons (Fsp3) is 0.250. The molecule has 3 heterocycles. The third-order valence-electron chi connectivity index (χ3n) is 4.65. The molecule has 27 heavy (non-hydrogen) atoms. The number of pyridine rings is 1. The molecule has 138 valence electrons. The van der Waals surface area contributed by atoms with Crippen molar-refractivity contribution in [2.45, 2.75) is 6.54 Å². The van der Waals surface area contributed by atoms with E-state index >= 15 is 0 Å².